The van der Waals surface area contributed by atoms with Gasteiger partial charge >= 0.3 is 0 Å². The second-order valence-corrected chi connectivity index (χ2v) is 3.49. The van der Waals surface area contributed by atoms with Crippen molar-refractivity contribution in [3.63, 3.8) is 0 Å². The maximum Gasteiger partial charge on any atom is 0.222 e. The minimum absolute atomic E-state index is 0.0617. The Hall–Kier alpha value is -1.26. The summed E-state index contributed by atoms with van der Waals surface area (Å²) in [6, 6.07) is 0. The van der Waals surface area contributed by atoms with Gasteiger partial charge in [-0.3, -0.25) is 4.79 Å². The van der Waals surface area contributed by atoms with E-state index in [1.165, 1.54) is 4.90 Å². The molecule has 1 fully saturated rings. The van der Waals surface area contributed by atoms with Crippen LogP contribution in [0.5, 0.6) is 0 Å². The second-order valence-electron chi connectivity index (χ2n) is 3.49. The van der Waals surface area contributed by atoms with Crippen molar-refractivity contribution < 1.29 is 10.0 Å². The lowest BCUT2D eigenvalue weighted by Crippen LogP contribution is -2.35. The molecule has 1 rings (SSSR count). The highest BCUT2D eigenvalue weighted by atomic mass is 16.4. The Morgan fingerprint density at radius 1 is 1.69 bits per heavy atom. The van der Waals surface area contributed by atoms with Gasteiger partial charge in [-0.25, -0.2) is 0 Å². The fraction of sp³-hybridized carbons (Fsp3) is 0.750. The third kappa shape index (κ3) is 3.31. The minimum Gasteiger partial charge on any atom is -0.409 e. The van der Waals surface area contributed by atoms with Crippen molar-refractivity contribution in [1.82, 2.24) is 4.90 Å². The fourth-order valence-electron chi connectivity index (χ4n) is 1.09. The number of oxime groups is 1. The number of nitrogens with zero attached hydrogens (tertiary/aromatic N) is 2. The summed E-state index contributed by atoms with van der Waals surface area (Å²) in [7, 11) is 1.66. The number of hydrogen-bond donors (Lipinski definition) is 2. The molecule has 0 aromatic rings. The Morgan fingerprint density at radius 3 is 2.77 bits per heavy atom. The highest BCUT2D eigenvalue weighted by Gasteiger charge is 2.25. The Bertz CT molecular complexity index is 223. The smallest absolute Gasteiger partial charge is 0.222 e. The molecule has 3 N–H and O–H groups in total. The van der Waals surface area contributed by atoms with E-state index in [0.29, 0.717) is 12.3 Å². The van der Waals surface area contributed by atoms with Gasteiger partial charge in [0.2, 0.25) is 5.91 Å². The third-order valence-electron chi connectivity index (χ3n) is 2.11. The van der Waals surface area contributed by atoms with E-state index >= 15 is 0 Å². The summed E-state index contributed by atoms with van der Waals surface area (Å²) in [6.07, 6.45) is 2.90. The number of carbonyl (C=O) groups is 1. The molecular formula is C8H15N3O2. The molecule has 0 spiro atoms. The first-order valence-electron chi connectivity index (χ1n) is 4.34. The van der Waals surface area contributed by atoms with Crippen LogP contribution in [0.2, 0.25) is 0 Å². The maximum absolute atomic E-state index is 11.4. The fourth-order valence-corrected chi connectivity index (χ4v) is 1.09. The van der Waals surface area contributed by atoms with Crippen LogP contribution in [0.15, 0.2) is 5.16 Å². The number of rotatable bonds is 4. The minimum atomic E-state index is 0.0617. The molecule has 0 saturated heterocycles. The zero-order valence-electron chi connectivity index (χ0n) is 7.73. The van der Waals surface area contributed by atoms with Gasteiger partial charge in [0, 0.05) is 13.5 Å². The molecule has 0 aromatic carbocycles. The van der Waals surface area contributed by atoms with E-state index in [4.69, 9.17) is 10.9 Å². The van der Waals surface area contributed by atoms with Crippen LogP contribution in [0.25, 0.3) is 0 Å². The average molecular weight is 185 g/mol. The molecule has 13 heavy (non-hydrogen) atoms. The highest BCUT2D eigenvalue weighted by Crippen LogP contribution is 2.32. The molecule has 0 atom stereocenters. The summed E-state index contributed by atoms with van der Waals surface area (Å²) in [4.78, 5) is 12.9. The van der Waals surface area contributed by atoms with Crippen molar-refractivity contribution in [2.75, 3.05) is 13.6 Å². The van der Waals surface area contributed by atoms with Crippen molar-refractivity contribution in [2.45, 2.75) is 19.3 Å². The number of amides is 1. The van der Waals surface area contributed by atoms with Crippen molar-refractivity contribution in [2.24, 2.45) is 16.8 Å². The van der Waals surface area contributed by atoms with Gasteiger partial charge in [-0.2, -0.15) is 0 Å². The quantitative estimate of drug-likeness (QED) is 0.280. The van der Waals surface area contributed by atoms with E-state index in [9.17, 15) is 4.79 Å². The van der Waals surface area contributed by atoms with Gasteiger partial charge in [0.1, 0.15) is 0 Å². The summed E-state index contributed by atoms with van der Waals surface area (Å²) in [6.45, 7) is 0.196. The standard InChI is InChI=1S/C8H15N3O2/c1-11(5-7(9)10-13)8(12)4-6-2-3-6/h6,13H,2-5H2,1H3,(H2,9,10). The van der Waals surface area contributed by atoms with Gasteiger partial charge in [0.25, 0.3) is 0 Å². The number of amidine groups is 1. The van der Waals surface area contributed by atoms with Gasteiger partial charge in [0.15, 0.2) is 5.84 Å². The first-order valence-corrected chi connectivity index (χ1v) is 4.34. The van der Waals surface area contributed by atoms with Crippen LogP contribution < -0.4 is 5.73 Å². The van der Waals surface area contributed by atoms with Crippen molar-refractivity contribution in [1.29, 1.82) is 0 Å². The normalized spacial score (nSPS) is 17.2. The van der Waals surface area contributed by atoms with Crippen molar-refractivity contribution >= 4 is 11.7 Å². The van der Waals surface area contributed by atoms with E-state index < -0.39 is 0 Å². The van der Waals surface area contributed by atoms with Gasteiger partial charge in [-0.05, 0) is 18.8 Å². The lowest BCUT2D eigenvalue weighted by Gasteiger charge is -2.15. The third-order valence-corrected chi connectivity index (χ3v) is 2.11. The molecule has 0 heterocycles. The largest absolute Gasteiger partial charge is 0.409 e. The molecule has 5 nitrogen and oxygen atoms in total. The van der Waals surface area contributed by atoms with E-state index in [-0.39, 0.29) is 18.3 Å². The summed E-state index contributed by atoms with van der Waals surface area (Å²) < 4.78 is 0. The van der Waals surface area contributed by atoms with Crippen LogP contribution in [0.3, 0.4) is 0 Å². The summed E-state index contributed by atoms with van der Waals surface area (Å²) in [5.41, 5.74) is 5.26. The molecule has 5 heteroatoms. The van der Waals surface area contributed by atoms with E-state index in [2.05, 4.69) is 5.16 Å². The Morgan fingerprint density at radius 2 is 2.31 bits per heavy atom. The van der Waals surface area contributed by atoms with Gasteiger partial charge < -0.3 is 15.8 Å². The monoisotopic (exact) mass is 185 g/mol. The van der Waals surface area contributed by atoms with E-state index in [1.807, 2.05) is 0 Å². The highest BCUT2D eigenvalue weighted by molar-refractivity contribution is 5.86. The Kier molecular flexibility index (Phi) is 3.11. The summed E-state index contributed by atoms with van der Waals surface area (Å²) in [5.74, 6) is 0.697. The zero-order chi connectivity index (χ0) is 9.84. The van der Waals surface area contributed by atoms with Crippen LogP contribution in [-0.2, 0) is 4.79 Å². The Labute approximate surface area is 77.2 Å². The summed E-state index contributed by atoms with van der Waals surface area (Å²) >= 11 is 0. The maximum atomic E-state index is 11.4. The van der Waals surface area contributed by atoms with Crippen LogP contribution >= 0.6 is 0 Å². The predicted octanol–water partition coefficient (Wildman–Crippen LogP) is -0.00870. The van der Waals surface area contributed by atoms with Crippen molar-refractivity contribution in [3.05, 3.63) is 0 Å². The van der Waals surface area contributed by atoms with Crippen LogP contribution in [-0.4, -0.2) is 35.4 Å². The molecular weight excluding hydrogens is 170 g/mol. The van der Waals surface area contributed by atoms with E-state index in [1.54, 1.807) is 7.05 Å². The van der Waals surface area contributed by atoms with Crippen LogP contribution in [0, 0.1) is 5.92 Å². The SMILES string of the molecule is CN(CC(N)=NO)C(=O)CC1CC1. The topological polar surface area (TPSA) is 78.9 Å². The molecule has 1 amide bonds. The van der Waals surface area contributed by atoms with Gasteiger partial charge in [0.05, 0.1) is 6.54 Å². The number of likely N-dealkylation sites (N-methyl/N-ethyl adjacent to an activating group) is 1. The lowest BCUT2D eigenvalue weighted by molar-refractivity contribution is -0.129. The Balaban J connectivity index is 2.28. The second kappa shape index (κ2) is 4.11. The first-order chi connectivity index (χ1) is 6.13. The number of nitrogens with two attached hydrogens (primary N) is 1. The molecule has 0 aliphatic heterocycles. The zero-order valence-corrected chi connectivity index (χ0v) is 7.73. The van der Waals surface area contributed by atoms with Crippen LogP contribution in [0.1, 0.15) is 19.3 Å². The average Bonchev–Trinajstić information content (AvgIpc) is 2.87. The number of hydrogen-bond acceptors (Lipinski definition) is 3. The first kappa shape index (κ1) is 9.83. The van der Waals surface area contributed by atoms with Crippen LogP contribution in [0.4, 0.5) is 0 Å². The predicted molar refractivity (Wildman–Crippen MR) is 48.4 cm³/mol. The molecule has 1 aliphatic carbocycles. The number of carbonyl (C=O) groups excluding carboxylic acids is 1. The molecule has 0 aromatic heterocycles. The molecule has 0 unspecified atom stereocenters. The molecule has 0 radical (unpaired) electrons. The summed E-state index contributed by atoms with van der Waals surface area (Å²) in [5, 5.41) is 11.1. The van der Waals surface area contributed by atoms with Crippen molar-refractivity contribution in [3.8, 4) is 0 Å². The van der Waals surface area contributed by atoms with Gasteiger partial charge in [-0.15, -0.1) is 0 Å². The van der Waals surface area contributed by atoms with Gasteiger partial charge in [-0.1, -0.05) is 5.16 Å². The molecule has 1 saturated carbocycles. The molecule has 0 bridgehead atoms. The molecule has 1 aliphatic rings. The lowest BCUT2D eigenvalue weighted by atomic mass is 10.2. The molecule has 74 valence electrons. The van der Waals surface area contributed by atoms with E-state index in [0.717, 1.165) is 12.8 Å².